The van der Waals surface area contributed by atoms with E-state index in [1.54, 1.807) is 13.8 Å². The molecule has 0 aliphatic rings. The second-order valence-corrected chi connectivity index (χ2v) is 7.78. The topological polar surface area (TPSA) is 114 Å². The number of nitrogens with one attached hydrogen (secondary N) is 1. The summed E-state index contributed by atoms with van der Waals surface area (Å²) in [6, 6.07) is 9.07. The monoisotopic (exact) mass is 442 g/mol. The van der Waals surface area contributed by atoms with Crippen LogP contribution in [0.1, 0.15) is 19.4 Å². The molecular formula is C18H20F2N4O5S. The second kappa shape index (κ2) is 10.1. The maximum Gasteiger partial charge on any atom is 0.387 e. The van der Waals surface area contributed by atoms with Crippen LogP contribution in [-0.2, 0) is 10.0 Å². The van der Waals surface area contributed by atoms with Crippen LogP contribution in [0.5, 0.6) is 5.75 Å². The third kappa shape index (κ3) is 5.70. The van der Waals surface area contributed by atoms with Crippen molar-refractivity contribution in [3.05, 3.63) is 58.1 Å². The van der Waals surface area contributed by atoms with E-state index in [0.717, 1.165) is 6.07 Å². The van der Waals surface area contributed by atoms with Crippen molar-refractivity contribution in [1.82, 2.24) is 4.31 Å². The normalized spacial score (nSPS) is 11.9. The number of hydrazone groups is 1. The number of rotatable bonds is 10. The summed E-state index contributed by atoms with van der Waals surface area (Å²) in [4.78, 5) is 10.5. The molecule has 0 spiro atoms. The number of nitro benzene ring substituents is 1. The zero-order chi connectivity index (χ0) is 22.3. The lowest BCUT2D eigenvalue weighted by Gasteiger charge is -2.18. The Kier molecular flexibility index (Phi) is 7.78. The van der Waals surface area contributed by atoms with E-state index in [4.69, 9.17) is 0 Å². The van der Waals surface area contributed by atoms with Gasteiger partial charge in [-0.05, 0) is 42.0 Å². The fourth-order valence-corrected chi connectivity index (χ4v) is 4.02. The lowest BCUT2D eigenvalue weighted by molar-refractivity contribution is -0.384. The van der Waals surface area contributed by atoms with Crippen molar-refractivity contribution in [2.24, 2.45) is 5.10 Å². The highest BCUT2D eigenvalue weighted by molar-refractivity contribution is 7.89. The molecule has 0 atom stereocenters. The predicted octanol–water partition coefficient (Wildman–Crippen LogP) is 3.67. The maximum atomic E-state index is 12.6. The van der Waals surface area contributed by atoms with Crippen molar-refractivity contribution in [2.45, 2.75) is 25.4 Å². The van der Waals surface area contributed by atoms with Crippen molar-refractivity contribution in [3.8, 4) is 5.75 Å². The molecule has 1 N–H and O–H groups in total. The van der Waals surface area contributed by atoms with Gasteiger partial charge in [0.25, 0.3) is 5.69 Å². The van der Waals surface area contributed by atoms with Crippen LogP contribution in [0.15, 0.2) is 52.5 Å². The Labute approximate surface area is 172 Å². The Hall–Kier alpha value is -3.12. The summed E-state index contributed by atoms with van der Waals surface area (Å²) in [5, 5.41) is 15.3. The van der Waals surface area contributed by atoms with Crippen LogP contribution in [0, 0.1) is 10.1 Å². The van der Waals surface area contributed by atoms with E-state index < -0.39 is 27.2 Å². The van der Waals surface area contributed by atoms with Crippen LogP contribution in [0.3, 0.4) is 0 Å². The molecule has 0 bridgehead atoms. The number of ether oxygens (including phenoxy) is 1. The van der Waals surface area contributed by atoms with E-state index in [9.17, 15) is 27.3 Å². The number of sulfonamides is 1. The first-order valence-electron chi connectivity index (χ1n) is 8.81. The first-order chi connectivity index (χ1) is 14.2. The van der Waals surface area contributed by atoms with Gasteiger partial charge < -0.3 is 4.74 Å². The van der Waals surface area contributed by atoms with E-state index >= 15 is 0 Å². The number of nitrogens with zero attached hydrogens (tertiary/aromatic N) is 3. The summed E-state index contributed by atoms with van der Waals surface area (Å²) in [6.07, 6.45) is 1.32. The average molecular weight is 442 g/mol. The summed E-state index contributed by atoms with van der Waals surface area (Å²) >= 11 is 0. The summed E-state index contributed by atoms with van der Waals surface area (Å²) in [6.45, 7) is 0.884. The van der Waals surface area contributed by atoms with Crippen molar-refractivity contribution in [3.63, 3.8) is 0 Å². The minimum Gasteiger partial charge on any atom is -0.435 e. The molecule has 9 nitrogen and oxygen atoms in total. The van der Waals surface area contributed by atoms with Crippen LogP contribution in [0.25, 0.3) is 0 Å². The van der Waals surface area contributed by atoms with E-state index in [1.807, 2.05) is 0 Å². The first-order valence-corrected chi connectivity index (χ1v) is 10.3. The zero-order valence-corrected chi connectivity index (χ0v) is 17.0. The molecule has 2 aromatic rings. The molecule has 0 saturated heterocycles. The van der Waals surface area contributed by atoms with Crippen molar-refractivity contribution >= 4 is 27.6 Å². The lowest BCUT2D eigenvalue weighted by Crippen LogP contribution is -2.30. The molecular weight excluding hydrogens is 422 g/mol. The molecule has 2 aromatic carbocycles. The van der Waals surface area contributed by atoms with Crippen LogP contribution in [0.2, 0.25) is 0 Å². The highest BCUT2D eigenvalue weighted by Crippen LogP contribution is 2.29. The fourth-order valence-electron chi connectivity index (χ4n) is 2.54. The third-order valence-corrected chi connectivity index (χ3v) is 6.06. The number of anilines is 1. The van der Waals surface area contributed by atoms with Gasteiger partial charge in [-0.25, -0.2) is 8.42 Å². The molecule has 2 rings (SSSR count). The molecule has 0 aliphatic carbocycles. The second-order valence-electron chi connectivity index (χ2n) is 5.84. The summed E-state index contributed by atoms with van der Waals surface area (Å²) in [7, 11) is -3.85. The molecule has 0 fully saturated rings. The first kappa shape index (κ1) is 23.2. The molecule has 0 amide bonds. The number of nitro groups is 1. The Morgan fingerprint density at radius 3 is 2.37 bits per heavy atom. The number of hydrogen-bond donors (Lipinski definition) is 1. The van der Waals surface area contributed by atoms with Gasteiger partial charge in [-0.2, -0.15) is 18.2 Å². The quantitative estimate of drug-likeness (QED) is 0.341. The Morgan fingerprint density at radius 1 is 1.20 bits per heavy atom. The van der Waals surface area contributed by atoms with Gasteiger partial charge in [0.15, 0.2) is 0 Å². The highest BCUT2D eigenvalue weighted by Gasteiger charge is 2.25. The number of benzene rings is 2. The Bertz CT molecular complexity index is 1010. The van der Waals surface area contributed by atoms with Gasteiger partial charge in [-0.1, -0.05) is 13.8 Å². The molecule has 0 aromatic heterocycles. The predicted molar refractivity (Wildman–Crippen MR) is 107 cm³/mol. The van der Waals surface area contributed by atoms with Gasteiger partial charge in [-0.15, -0.1) is 0 Å². The van der Waals surface area contributed by atoms with E-state index in [1.165, 1.54) is 46.9 Å². The van der Waals surface area contributed by atoms with E-state index in [2.05, 4.69) is 15.3 Å². The summed E-state index contributed by atoms with van der Waals surface area (Å²) < 4.78 is 54.9. The van der Waals surface area contributed by atoms with Gasteiger partial charge in [-0.3, -0.25) is 15.5 Å². The number of hydrogen-bond acceptors (Lipinski definition) is 7. The smallest absolute Gasteiger partial charge is 0.387 e. The third-order valence-electron chi connectivity index (χ3n) is 4.01. The standard InChI is InChI=1S/C18H20F2N4O5S/c1-3-23(4-2)30(27,28)15-9-10-16(17(11-15)24(25)26)22-21-12-13-5-7-14(8-6-13)29-18(19)20/h5-12,18,22H,3-4H2,1-2H3/b21-12-. The molecule has 162 valence electrons. The zero-order valence-electron chi connectivity index (χ0n) is 16.2. The fraction of sp³-hybridized carbons (Fsp3) is 0.278. The van der Waals surface area contributed by atoms with Crippen LogP contribution < -0.4 is 10.2 Å². The number of halogens is 2. The SMILES string of the molecule is CCN(CC)S(=O)(=O)c1ccc(N/N=C\c2ccc(OC(F)F)cc2)c([N+](=O)[O-])c1. The largest absolute Gasteiger partial charge is 0.435 e. The molecule has 0 radical (unpaired) electrons. The summed E-state index contributed by atoms with van der Waals surface area (Å²) in [5.41, 5.74) is 2.55. The van der Waals surface area contributed by atoms with E-state index in [-0.39, 0.29) is 29.4 Å². The minimum absolute atomic E-state index is 0.00704. The van der Waals surface area contributed by atoms with Crippen LogP contribution in [0.4, 0.5) is 20.2 Å². The van der Waals surface area contributed by atoms with Gasteiger partial charge in [0, 0.05) is 19.2 Å². The molecule has 0 aliphatic heterocycles. The maximum absolute atomic E-state index is 12.6. The van der Waals surface area contributed by atoms with Crippen molar-refractivity contribution in [2.75, 3.05) is 18.5 Å². The van der Waals surface area contributed by atoms with Gasteiger partial charge >= 0.3 is 6.61 Å². The summed E-state index contributed by atoms with van der Waals surface area (Å²) in [5.74, 6) is -0.0178. The molecule has 0 heterocycles. The minimum atomic E-state index is -3.85. The van der Waals surface area contributed by atoms with Gasteiger partial charge in [0.2, 0.25) is 10.0 Å². The van der Waals surface area contributed by atoms with Crippen molar-refractivity contribution < 1.29 is 26.9 Å². The molecule has 0 saturated carbocycles. The highest BCUT2D eigenvalue weighted by atomic mass is 32.2. The number of alkyl halides is 2. The Morgan fingerprint density at radius 2 is 1.83 bits per heavy atom. The molecule has 0 unspecified atom stereocenters. The van der Waals surface area contributed by atoms with Gasteiger partial charge in [0.05, 0.1) is 16.0 Å². The Balaban J connectivity index is 2.22. The van der Waals surface area contributed by atoms with Crippen molar-refractivity contribution in [1.29, 1.82) is 0 Å². The van der Waals surface area contributed by atoms with Gasteiger partial charge in [0.1, 0.15) is 11.4 Å². The van der Waals surface area contributed by atoms with E-state index in [0.29, 0.717) is 5.56 Å². The lowest BCUT2D eigenvalue weighted by atomic mass is 10.2. The average Bonchev–Trinajstić information content (AvgIpc) is 2.69. The molecule has 12 heteroatoms. The molecule has 30 heavy (non-hydrogen) atoms. The van der Waals surface area contributed by atoms with Crippen LogP contribution in [-0.4, -0.2) is 43.6 Å². The van der Waals surface area contributed by atoms with Crippen LogP contribution >= 0.6 is 0 Å².